The van der Waals surface area contributed by atoms with Gasteiger partial charge in [-0.15, -0.1) is 0 Å². The minimum Gasteiger partial charge on any atom is -0.360 e. The normalized spacial score (nSPS) is 10.4. The summed E-state index contributed by atoms with van der Waals surface area (Å²) in [6.45, 7) is 4.77. The first-order chi connectivity index (χ1) is 17.5. The number of hydrogen-bond donors (Lipinski definition) is 0. The Kier molecular flexibility index (Phi) is 13.4. The summed E-state index contributed by atoms with van der Waals surface area (Å²) in [7, 11) is 0. The largest absolute Gasteiger partial charge is 0.387 e. The molecule has 36 heavy (non-hydrogen) atoms. The lowest BCUT2D eigenvalue weighted by Gasteiger charge is -2.09. The molecule has 0 heterocycles. The monoisotopic (exact) mass is 538 g/mol. The summed E-state index contributed by atoms with van der Waals surface area (Å²) >= 11 is 1.01. The highest BCUT2D eigenvalue weighted by atomic mass is 32.2. The molecule has 0 saturated heterocycles. The van der Waals surface area contributed by atoms with E-state index in [1.54, 1.807) is 0 Å². The number of hydrogen-bond acceptors (Lipinski definition) is 12. The van der Waals surface area contributed by atoms with E-state index in [-0.39, 0.29) is 22.3 Å². The molecule has 2 aromatic carbocycles. The van der Waals surface area contributed by atoms with Gasteiger partial charge < -0.3 is 8.37 Å². The number of benzene rings is 2. The van der Waals surface area contributed by atoms with Crippen LogP contribution in [-0.2, 0) is 26.5 Å². The molecule has 0 amide bonds. The third-order valence-corrected chi connectivity index (χ3v) is 5.37. The van der Waals surface area contributed by atoms with Crippen LogP contribution in [0.4, 0.5) is 0 Å². The molecular weight excluding hydrogens is 512 g/mol. The van der Waals surface area contributed by atoms with Crippen LogP contribution in [0.15, 0.2) is 48.5 Å². The van der Waals surface area contributed by atoms with E-state index < -0.39 is 23.9 Å². The third-order valence-electron chi connectivity index (χ3n) is 4.40. The maximum atomic E-state index is 12.5. The van der Waals surface area contributed by atoms with Crippen molar-refractivity contribution >= 4 is 48.5 Å². The highest BCUT2D eigenvalue weighted by Crippen LogP contribution is 2.19. The lowest BCUT2D eigenvalue weighted by atomic mass is 10.1. The number of unbranched alkanes of at least 4 members (excludes halogenated alkanes) is 2. The van der Waals surface area contributed by atoms with Crippen molar-refractivity contribution in [2.45, 2.75) is 39.5 Å². The van der Waals surface area contributed by atoms with Gasteiger partial charge >= 0.3 is 23.9 Å². The van der Waals surface area contributed by atoms with Gasteiger partial charge in [-0.05, 0) is 37.1 Å². The Morgan fingerprint density at radius 1 is 0.583 bits per heavy atom. The zero-order valence-electron chi connectivity index (χ0n) is 19.8. The predicted octanol–water partition coefficient (Wildman–Crippen LogP) is 5.69. The van der Waals surface area contributed by atoms with Crippen LogP contribution in [0, 0.1) is 0 Å². The zero-order valence-corrected chi connectivity index (χ0v) is 21.4. The Labute approximate surface area is 217 Å². The SMILES string of the molecule is CCCCOSOC(=O)c1ccccc1C(=O)OOC(=O)c1ccccc1C(=O)OSOCCCC. The van der Waals surface area contributed by atoms with Crippen LogP contribution in [0.2, 0.25) is 0 Å². The molecule has 0 bridgehead atoms. The van der Waals surface area contributed by atoms with Gasteiger partial charge in [0.2, 0.25) is 24.6 Å². The van der Waals surface area contributed by atoms with Crippen molar-refractivity contribution in [3.8, 4) is 0 Å². The molecule has 0 fully saturated rings. The molecule has 0 aliphatic heterocycles. The van der Waals surface area contributed by atoms with Crippen molar-refractivity contribution in [3.63, 3.8) is 0 Å². The molecule has 0 N–H and O–H groups in total. The summed E-state index contributed by atoms with van der Waals surface area (Å²) in [5.41, 5.74) is -0.626. The molecule has 0 aliphatic carbocycles. The van der Waals surface area contributed by atoms with Crippen molar-refractivity contribution < 1.29 is 45.7 Å². The van der Waals surface area contributed by atoms with Gasteiger partial charge in [0.1, 0.15) is 0 Å². The van der Waals surface area contributed by atoms with Gasteiger partial charge in [0.15, 0.2) is 0 Å². The van der Waals surface area contributed by atoms with Crippen LogP contribution in [0.25, 0.3) is 0 Å². The molecule has 12 heteroatoms. The summed E-state index contributed by atoms with van der Waals surface area (Å²) in [4.78, 5) is 58.9. The lowest BCUT2D eigenvalue weighted by molar-refractivity contribution is -0.187. The highest BCUT2D eigenvalue weighted by molar-refractivity contribution is 7.90. The average molecular weight is 539 g/mol. The minimum atomic E-state index is -1.12. The van der Waals surface area contributed by atoms with Crippen molar-refractivity contribution in [3.05, 3.63) is 70.8 Å². The second kappa shape index (κ2) is 16.6. The highest BCUT2D eigenvalue weighted by Gasteiger charge is 2.24. The van der Waals surface area contributed by atoms with Crippen molar-refractivity contribution in [2.75, 3.05) is 13.2 Å². The first kappa shape index (κ1) is 29.2. The van der Waals surface area contributed by atoms with Crippen LogP contribution in [-0.4, -0.2) is 37.1 Å². The Balaban J connectivity index is 1.97. The van der Waals surface area contributed by atoms with Crippen LogP contribution >= 0.6 is 24.6 Å². The fourth-order valence-corrected chi connectivity index (χ4v) is 3.29. The van der Waals surface area contributed by atoms with Gasteiger partial charge in [-0.2, -0.15) is 0 Å². The van der Waals surface area contributed by atoms with Crippen molar-refractivity contribution in [1.29, 1.82) is 0 Å². The quantitative estimate of drug-likeness (QED) is 0.127. The Morgan fingerprint density at radius 2 is 0.917 bits per heavy atom. The molecule has 2 aromatic rings. The Hall–Kier alpha value is -3.06. The zero-order chi connectivity index (χ0) is 26.2. The van der Waals surface area contributed by atoms with Gasteiger partial charge in [-0.3, -0.25) is 8.37 Å². The second-order valence-electron chi connectivity index (χ2n) is 7.06. The predicted molar refractivity (Wildman–Crippen MR) is 131 cm³/mol. The standard InChI is InChI=1S/C24H26O10S2/c1-3-5-15-29-35-33-23(27)19-13-9-7-11-17(19)21(25)31-32-22(26)18-12-8-10-14-20(18)24(28)34-36-30-16-6-4-2/h7-14H,3-6,15-16H2,1-2H3. The topological polar surface area (TPSA) is 124 Å². The second-order valence-corrected chi connectivity index (χ2v) is 8.14. The van der Waals surface area contributed by atoms with Crippen molar-refractivity contribution in [1.82, 2.24) is 0 Å². The fraction of sp³-hybridized carbons (Fsp3) is 0.333. The van der Waals surface area contributed by atoms with Crippen LogP contribution in [0.5, 0.6) is 0 Å². The summed E-state index contributed by atoms with van der Waals surface area (Å²) in [5.74, 6) is -3.93. The number of carbonyl (C=O) groups excluding carboxylic acids is 4. The summed E-state index contributed by atoms with van der Waals surface area (Å²) in [6.07, 6.45) is 3.43. The summed E-state index contributed by atoms with van der Waals surface area (Å²) in [6, 6.07) is 11.3. The van der Waals surface area contributed by atoms with E-state index in [4.69, 9.17) is 16.7 Å². The Bertz CT molecular complexity index is 946. The van der Waals surface area contributed by atoms with E-state index in [0.29, 0.717) is 37.9 Å². The van der Waals surface area contributed by atoms with Crippen LogP contribution in [0.1, 0.15) is 81.0 Å². The molecular formula is C24H26O10S2. The minimum absolute atomic E-state index is 0.116. The molecule has 0 aromatic heterocycles. The summed E-state index contributed by atoms with van der Waals surface area (Å²) < 4.78 is 20.1. The molecule has 0 saturated carbocycles. The van der Waals surface area contributed by atoms with E-state index in [9.17, 15) is 19.2 Å². The molecule has 0 spiro atoms. The van der Waals surface area contributed by atoms with Crippen molar-refractivity contribution in [2.24, 2.45) is 0 Å². The fourth-order valence-electron chi connectivity index (χ4n) is 2.52. The van der Waals surface area contributed by atoms with Crippen LogP contribution < -0.4 is 0 Å². The molecule has 0 aliphatic rings. The average Bonchev–Trinajstić information content (AvgIpc) is 2.91. The molecule has 0 radical (unpaired) electrons. The van der Waals surface area contributed by atoms with E-state index in [1.807, 2.05) is 13.8 Å². The van der Waals surface area contributed by atoms with Gasteiger partial charge in [0, 0.05) is 0 Å². The van der Waals surface area contributed by atoms with E-state index in [2.05, 4.69) is 9.78 Å². The Morgan fingerprint density at radius 3 is 1.25 bits per heavy atom. The lowest BCUT2D eigenvalue weighted by Crippen LogP contribution is -2.17. The molecule has 2 rings (SSSR count). The molecule has 0 atom stereocenters. The maximum absolute atomic E-state index is 12.5. The van der Waals surface area contributed by atoms with E-state index >= 15 is 0 Å². The smallest absolute Gasteiger partial charge is 0.360 e. The van der Waals surface area contributed by atoms with Gasteiger partial charge in [-0.25, -0.2) is 29.0 Å². The van der Waals surface area contributed by atoms with Gasteiger partial charge in [-0.1, -0.05) is 51.0 Å². The maximum Gasteiger partial charge on any atom is 0.387 e. The number of carbonyl (C=O) groups is 4. The molecule has 10 nitrogen and oxygen atoms in total. The third kappa shape index (κ3) is 9.53. The van der Waals surface area contributed by atoms with Gasteiger partial charge in [0.05, 0.1) is 35.5 Å². The molecule has 0 unspecified atom stereocenters. The number of rotatable bonds is 14. The van der Waals surface area contributed by atoms with Crippen LogP contribution in [0.3, 0.4) is 0 Å². The first-order valence-electron chi connectivity index (χ1n) is 11.1. The first-order valence-corrected chi connectivity index (χ1v) is 12.4. The van der Waals surface area contributed by atoms with Gasteiger partial charge in [0.25, 0.3) is 0 Å². The van der Waals surface area contributed by atoms with E-state index in [0.717, 1.165) is 25.7 Å². The van der Waals surface area contributed by atoms with E-state index in [1.165, 1.54) is 48.5 Å². The summed E-state index contributed by atoms with van der Waals surface area (Å²) in [5, 5.41) is 0. The molecule has 194 valence electrons.